The summed E-state index contributed by atoms with van der Waals surface area (Å²) in [6, 6.07) is 0. The standard InChI is InChI=1S/C10H18N4O/c1-6(2)9-12-10(14-13-9)8-4-3-7(5-11)15-8/h6-8H,3-5,11H2,1-2H3,(H,12,13,14). The lowest BCUT2D eigenvalue weighted by atomic mass is 10.2. The number of ether oxygens (including phenoxy) is 1. The first-order chi connectivity index (χ1) is 7.20. The van der Waals surface area contributed by atoms with E-state index in [0.29, 0.717) is 12.5 Å². The highest BCUT2D eigenvalue weighted by Crippen LogP contribution is 2.30. The van der Waals surface area contributed by atoms with Gasteiger partial charge in [-0.05, 0) is 12.8 Å². The summed E-state index contributed by atoms with van der Waals surface area (Å²) in [6.07, 6.45) is 2.23. The minimum absolute atomic E-state index is 0.0542. The fraction of sp³-hybridized carbons (Fsp3) is 0.800. The zero-order chi connectivity index (χ0) is 10.8. The lowest BCUT2D eigenvalue weighted by Gasteiger charge is -2.08. The second kappa shape index (κ2) is 4.28. The van der Waals surface area contributed by atoms with Crippen LogP contribution in [0.2, 0.25) is 0 Å². The molecule has 0 radical (unpaired) electrons. The highest BCUT2D eigenvalue weighted by atomic mass is 16.5. The summed E-state index contributed by atoms with van der Waals surface area (Å²) in [6.45, 7) is 4.73. The SMILES string of the molecule is CC(C)c1n[nH]c(C2CCC(CN)O2)n1. The molecule has 0 spiro atoms. The van der Waals surface area contributed by atoms with Crippen LogP contribution < -0.4 is 5.73 Å². The van der Waals surface area contributed by atoms with Gasteiger partial charge in [0, 0.05) is 12.5 Å². The van der Waals surface area contributed by atoms with Crippen molar-refractivity contribution in [3.63, 3.8) is 0 Å². The predicted octanol–water partition coefficient (Wildman–Crippen LogP) is 1.11. The number of rotatable bonds is 3. The van der Waals surface area contributed by atoms with Crippen molar-refractivity contribution in [3.05, 3.63) is 11.6 Å². The van der Waals surface area contributed by atoms with Gasteiger partial charge in [0.2, 0.25) is 0 Å². The number of hydrogen-bond donors (Lipinski definition) is 2. The van der Waals surface area contributed by atoms with Gasteiger partial charge in [-0.1, -0.05) is 13.8 Å². The minimum Gasteiger partial charge on any atom is -0.366 e. The van der Waals surface area contributed by atoms with E-state index < -0.39 is 0 Å². The number of nitrogens with one attached hydrogen (secondary N) is 1. The minimum atomic E-state index is 0.0542. The van der Waals surface area contributed by atoms with Crippen LogP contribution in [-0.2, 0) is 4.74 Å². The number of nitrogens with two attached hydrogens (primary N) is 1. The zero-order valence-electron chi connectivity index (χ0n) is 9.23. The molecule has 1 saturated heterocycles. The van der Waals surface area contributed by atoms with Gasteiger partial charge in [0.05, 0.1) is 6.10 Å². The van der Waals surface area contributed by atoms with Crippen molar-refractivity contribution >= 4 is 0 Å². The van der Waals surface area contributed by atoms with Crippen molar-refractivity contribution < 1.29 is 4.74 Å². The molecule has 0 aliphatic carbocycles. The van der Waals surface area contributed by atoms with Gasteiger partial charge in [-0.15, -0.1) is 0 Å². The fourth-order valence-electron chi connectivity index (χ4n) is 1.77. The average molecular weight is 210 g/mol. The van der Waals surface area contributed by atoms with Crippen molar-refractivity contribution in [2.24, 2.45) is 5.73 Å². The Labute approximate surface area is 89.4 Å². The Hall–Kier alpha value is -0.940. The normalized spacial score (nSPS) is 26.4. The van der Waals surface area contributed by atoms with Gasteiger partial charge in [0.1, 0.15) is 6.10 Å². The Morgan fingerprint density at radius 1 is 1.53 bits per heavy atom. The van der Waals surface area contributed by atoms with Crippen LogP contribution in [0.15, 0.2) is 0 Å². The molecule has 3 N–H and O–H groups in total. The third-order valence-corrected chi connectivity index (χ3v) is 2.71. The monoisotopic (exact) mass is 210 g/mol. The summed E-state index contributed by atoms with van der Waals surface area (Å²) in [4.78, 5) is 4.43. The third-order valence-electron chi connectivity index (χ3n) is 2.71. The Kier molecular flexibility index (Phi) is 3.02. The van der Waals surface area contributed by atoms with E-state index in [1.54, 1.807) is 0 Å². The van der Waals surface area contributed by atoms with Crippen LogP contribution >= 0.6 is 0 Å². The lowest BCUT2D eigenvalue weighted by Crippen LogP contribution is -2.19. The highest BCUT2D eigenvalue weighted by molar-refractivity contribution is 4.99. The van der Waals surface area contributed by atoms with Crippen LogP contribution in [0.25, 0.3) is 0 Å². The maximum Gasteiger partial charge on any atom is 0.153 e. The number of aromatic amines is 1. The van der Waals surface area contributed by atoms with E-state index in [1.165, 1.54) is 0 Å². The molecule has 1 aliphatic rings. The van der Waals surface area contributed by atoms with Crippen molar-refractivity contribution in [1.29, 1.82) is 0 Å². The largest absolute Gasteiger partial charge is 0.366 e. The van der Waals surface area contributed by atoms with E-state index in [2.05, 4.69) is 29.0 Å². The maximum absolute atomic E-state index is 5.73. The molecule has 2 rings (SSSR count). The zero-order valence-corrected chi connectivity index (χ0v) is 9.23. The molecule has 0 aromatic carbocycles. The van der Waals surface area contributed by atoms with Gasteiger partial charge in [0.25, 0.3) is 0 Å². The third kappa shape index (κ3) is 2.18. The molecular weight excluding hydrogens is 192 g/mol. The molecule has 1 aromatic rings. The molecule has 0 amide bonds. The summed E-state index contributed by atoms with van der Waals surface area (Å²) >= 11 is 0. The second-order valence-electron chi connectivity index (χ2n) is 4.29. The Balaban J connectivity index is 2.04. The van der Waals surface area contributed by atoms with Crippen LogP contribution in [0.3, 0.4) is 0 Å². The number of nitrogens with zero attached hydrogens (tertiary/aromatic N) is 2. The van der Waals surface area contributed by atoms with E-state index in [9.17, 15) is 0 Å². The second-order valence-corrected chi connectivity index (χ2v) is 4.29. The molecule has 5 heteroatoms. The molecule has 0 saturated carbocycles. The molecular formula is C10H18N4O. The lowest BCUT2D eigenvalue weighted by molar-refractivity contribution is 0.0449. The smallest absolute Gasteiger partial charge is 0.153 e. The van der Waals surface area contributed by atoms with E-state index in [0.717, 1.165) is 24.5 Å². The molecule has 2 unspecified atom stereocenters. The summed E-state index contributed by atoms with van der Waals surface area (Å²) < 4.78 is 5.73. The predicted molar refractivity (Wildman–Crippen MR) is 56.4 cm³/mol. The van der Waals surface area contributed by atoms with Crippen molar-refractivity contribution in [1.82, 2.24) is 15.2 Å². The van der Waals surface area contributed by atoms with Crippen LogP contribution in [0.4, 0.5) is 0 Å². The molecule has 5 nitrogen and oxygen atoms in total. The first-order valence-electron chi connectivity index (χ1n) is 5.48. The Morgan fingerprint density at radius 2 is 2.33 bits per heavy atom. The quantitative estimate of drug-likeness (QED) is 0.783. The number of hydrogen-bond acceptors (Lipinski definition) is 4. The first kappa shape index (κ1) is 10.6. The number of aromatic nitrogens is 3. The highest BCUT2D eigenvalue weighted by Gasteiger charge is 2.28. The van der Waals surface area contributed by atoms with Crippen LogP contribution in [0.5, 0.6) is 0 Å². The summed E-state index contributed by atoms with van der Waals surface area (Å²) in [5.74, 6) is 2.04. The van der Waals surface area contributed by atoms with E-state index in [-0.39, 0.29) is 12.2 Å². The van der Waals surface area contributed by atoms with Gasteiger partial charge in [-0.2, -0.15) is 5.10 Å². The molecule has 2 heterocycles. The molecule has 84 valence electrons. The van der Waals surface area contributed by atoms with Crippen molar-refractivity contribution in [2.75, 3.05) is 6.54 Å². The van der Waals surface area contributed by atoms with Gasteiger partial charge < -0.3 is 10.5 Å². The summed E-state index contributed by atoms with van der Waals surface area (Å²) in [7, 11) is 0. The van der Waals surface area contributed by atoms with Crippen molar-refractivity contribution in [2.45, 2.75) is 44.8 Å². The van der Waals surface area contributed by atoms with Crippen LogP contribution in [0, 0.1) is 0 Å². The Morgan fingerprint density at radius 3 is 2.87 bits per heavy atom. The molecule has 2 atom stereocenters. The summed E-state index contributed by atoms with van der Waals surface area (Å²) in [5.41, 5.74) is 5.56. The molecule has 1 fully saturated rings. The van der Waals surface area contributed by atoms with Gasteiger partial charge in [-0.3, -0.25) is 5.10 Å². The summed E-state index contributed by atoms with van der Waals surface area (Å²) in [5, 5.41) is 7.11. The molecule has 15 heavy (non-hydrogen) atoms. The molecule has 0 bridgehead atoms. The fourth-order valence-corrected chi connectivity index (χ4v) is 1.77. The first-order valence-corrected chi connectivity index (χ1v) is 5.48. The van der Waals surface area contributed by atoms with Crippen LogP contribution in [-0.4, -0.2) is 27.8 Å². The maximum atomic E-state index is 5.73. The van der Waals surface area contributed by atoms with E-state index in [1.807, 2.05) is 0 Å². The van der Waals surface area contributed by atoms with E-state index >= 15 is 0 Å². The topological polar surface area (TPSA) is 76.8 Å². The van der Waals surface area contributed by atoms with Gasteiger partial charge in [0.15, 0.2) is 11.6 Å². The molecule has 1 aromatic heterocycles. The Bertz CT molecular complexity index is 323. The molecule has 1 aliphatic heterocycles. The van der Waals surface area contributed by atoms with E-state index in [4.69, 9.17) is 10.5 Å². The van der Waals surface area contributed by atoms with Crippen molar-refractivity contribution in [3.8, 4) is 0 Å². The van der Waals surface area contributed by atoms with Crippen LogP contribution in [0.1, 0.15) is 50.4 Å². The van der Waals surface area contributed by atoms with Gasteiger partial charge >= 0.3 is 0 Å². The van der Waals surface area contributed by atoms with Gasteiger partial charge in [-0.25, -0.2) is 4.98 Å². The average Bonchev–Trinajstić information content (AvgIpc) is 2.86. The number of H-pyrrole nitrogens is 1.